The lowest BCUT2D eigenvalue weighted by Crippen LogP contribution is -2.44. The largest absolute Gasteiger partial charge is 0.489 e. The molecule has 2 aromatic carbocycles. The summed E-state index contributed by atoms with van der Waals surface area (Å²) in [6.07, 6.45) is -8.24. The SMILES string of the molecule is CC(C)(C)OC(=O)N=C(NC(=O)O)N1CCC[C@H]1c1nc(-c2ccc(OCC=Cc3ccc(C(F)(F)F)cc3)c(C(F)(F)F)c2)no1. The fourth-order valence-corrected chi connectivity index (χ4v) is 4.52. The number of rotatable bonds is 6. The summed E-state index contributed by atoms with van der Waals surface area (Å²) in [6.45, 7) is 4.75. The van der Waals surface area contributed by atoms with Gasteiger partial charge < -0.3 is 24.0 Å². The first-order chi connectivity index (χ1) is 21.9. The zero-order chi connectivity index (χ0) is 34.6. The van der Waals surface area contributed by atoms with E-state index >= 15 is 0 Å². The fraction of sp³-hybridized carbons (Fsp3) is 0.367. The minimum Gasteiger partial charge on any atom is -0.489 e. The summed E-state index contributed by atoms with van der Waals surface area (Å²) in [5.41, 5.74) is -2.53. The number of ether oxygens (including phenoxy) is 2. The number of hydrogen-bond donors (Lipinski definition) is 2. The quantitative estimate of drug-likeness (QED) is 0.155. The third kappa shape index (κ3) is 9.46. The lowest BCUT2D eigenvalue weighted by atomic mass is 10.1. The standard InChI is InChI=1S/C30H29F6N5O6/c1-28(2,3)46-27(44)39-25(38-26(42)43)41-14-4-7-21(41)24-37-23(40-47-24)18-10-13-22(20(16-18)30(34,35)36)45-15-5-6-17-8-11-19(12-9-17)29(31,32)33/h5-6,8-13,16,21H,4,7,14-15H2,1-3H3,(H,42,43)(H,38,39,44)/t21-/m0/s1. The van der Waals surface area contributed by atoms with Crippen LogP contribution in [-0.4, -0.2) is 57.0 Å². The van der Waals surface area contributed by atoms with E-state index in [2.05, 4.69) is 20.4 Å². The molecule has 11 nitrogen and oxygen atoms in total. The van der Waals surface area contributed by atoms with Crippen LogP contribution in [0.1, 0.15) is 62.2 Å². The Kier molecular flexibility index (Phi) is 10.2. The van der Waals surface area contributed by atoms with Crippen molar-refractivity contribution < 1.29 is 55.0 Å². The molecule has 1 fully saturated rings. The van der Waals surface area contributed by atoms with Gasteiger partial charge in [-0.3, -0.25) is 5.32 Å². The predicted molar refractivity (Wildman–Crippen MR) is 154 cm³/mol. The molecule has 2 heterocycles. The van der Waals surface area contributed by atoms with Gasteiger partial charge in [0.2, 0.25) is 17.7 Å². The molecule has 0 aliphatic carbocycles. The Morgan fingerprint density at radius 1 is 1.09 bits per heavy atom. The summed E-state index contributed by atoms with van der Waals surface area (Å²) >= 11 is 0. The van der Waals surface area contributed by atoms with Crippen molar-refractivity contribution in [3.63, 3.8) is 0 Å². The van der Waals surface area contributed by atoms with E-state index < -0.39 is 53.1 Å². The highest BCUT2D eigenvalue weighted by Gasteiger charge is 2.37. The molecule has 47 heavy (non-hydrogen) atoms. The van der Waals surface area contributed by atoms with Crippen LogP contribution in [-0.2, 0) is 17.1 Å². The van der Waals surface area contributed by atoms with Crippen LogP contribution in [0.3, 0.4) is 0 Å². The number of carbonyl (C=O) groups excluding carboxylic acids is 1. The topological polar surface area (TPSA) is 139 Å². The number of aromatic nitrogens is 2. The van der Waals surface area contributed by atoms with Gasteiger partial charge in [0.05, 0.1) is 11.1 Å². The van der Waals surface area contributed by atoms with Gasteiger partial charge in [0.1, 0.15) is 24.0 Å². The molecular formula is C30H29F6N5O6. The van der Waals surface area contributed by atoms with E-state index in [0.29, 0.717) is 18.4 Å². The van der Waals surface area contributed by atoms with E-state index in [4.69, 9.17) is 14.0 Å². The van der Waals surface area contributed by atoms with Crippen molar-refractivity contribution in [1.29, 1.82) is 0 Å². The molecule has 0 radical (unpaired) electrons. The number of benzene rings is 2. The van der Waals surface area contributed by atoms with Crippen LogP contribution in [0, 0.1) is 0 Å². The Bertz CT molecular complexity index is 1640. The van der Waals surface area contributed by atoms with Crippen LogP contribution in [0.5, 0.6) is 5.75 Å². The first kappa shape index (κ1) is 34.8. The summed E-state index contributed by atoms with van der Waals surface area (Å²) in [6, 6.07) is 6.59. The summed E-state index contributed by atoms with van der Waals surface area (Å²) in [7, 11) is 0. The second-order valence-electron chi connectivity index (χ2n) is 11.2. The first-order valence-corrected chi connectivity index (χ1v) is 14.0. The molecule has 1 aromatic heterocycles. The molecule has 0 saturated carbocycles. The first-order valence-electron chi connectivity index (χ1n) is 14.0. The van der Waals surface area contributed by atoms with Gasteiger partial charge in [0, 0.05) is 12.1 Å². The minimum absolute atomic E-state index is 0.0520. The number of nitrogens with one attached hydrogen (secondary N) is 1. The van der Waals surface area contributed by atoms with Gasteiger partial charge in [-0.2, -0.15) is 31.3 Å². The van der Waals surface area contributed by atoms with Crippen molar-refractivity contribution in [1.82, 2.24) is 20.4 Å². The van der Waals surface area contributed by atoms with E-state index in [-0.39, 0.29) is 36.4 Å². The van der Waals surface area contributed by atoms with Crippen LogP contribution in [0.25, 0.3) is 17.5 Å². The molecule has 3 aromatic rings. The van der Waals surface area contributed by atoms with Gasteiger partial charge >= 0.3 is 24.5 Å². The number of carbonyl (C=O) groups is 2. The Hall–Kier alpha value is -5.09. The number of aliphatic imine (C=N–C) groups is 1. The monoisotopic (exact) mass is 669 g/mol. The van der Waals surface area contributed by atoms with Crippen LogP contribution in [0.15, 0.2) is 58.1 Å². The maximum Gasteiger partial charge on any atom is 0.437 e. The molecule has 1 aliphatic rings. The highest BCUT2D eigenvalue weighted by atomic mass is 19.4. The van der Waals surface area contributed by atoms with Crippen LogP contribution >= 0.6 is 0 Å². The molecular weight excluding hydrogens is 640 g/mol. The molecule has 2 amide bonds. The van der Waals surface area contributed by atoms with Crippen molar-refractivity contribution in [2.24, 2.45) is 4.99 Å². The van der Waals surface area contributed by atoms with Crippen molar-refractivity contribution in [2.45, 2.75) is 57.6 Å². The Balaban J connectivity index is 1.51. The average molecular weight is 670 g/mol. The fourth-order valence-electron chi connectivity index (χ4n) is 4.52. The summed E-state index contributed by atoms with van der Waals surface area (Å²) in [5, 5.41) is 15.2. The van der Waals surface area contributed by atoms with Gasteiger partial charge in [-0.05, 0) is 75.6 Å². The van der Waals surface area contributed by atoms with E-state index in [9.17, 15) is 41.0 Å². The zero-order valence-corrected chi connectivity index (χ0v) is 25.1. The molecule has 1 atom stereocenters. The number of carboxylic acid groups (broad SMARTS) is 1. The molecule has 1 saturated heterocycles. The zero-order valence-electron chi connectivity index (χ0n) is 25.1. The number of nitrogens with zero attached hydrogens (tertiary/aromatic N) is 4. The lowest BCUT2D eigenvalue weighted by Gasteiger charge is -2.25. The Morgan fingerprint density at radius 3 is 2.40 bits per heavy atom. The molecule has 2 N–H and O–H groups in total. The van der Waals surface area contributed by atoms with Crippen LogP contribution in [0.4, 0.5) is 35.9 Å². The van der Waals surface area contributed by atoms with Crippen molar-refractivity contribution in [3.05, 3.63) is 71.1 Å². The predicted octanol–water partition coefficient (Wildman–Crippen LogP) is 7.56. The molecule has 252 valence electrons. The smallest absolute Gasteiger partial charge is 0.437 e. The summed E-state index contributed by atoms with van der Waals surface area (Å²) in [4.78, 5) is 33.1. The highest BCUT2D eigenvalue weighted by Crippen LogP contribution is 2.39. The Labute approximate surface area is 263 Å². The number of alkyl halides is 6. The van der Waals surface area contributed by atoms with E-state index in [0.717, 1.165) is 24.3 Å². The second kappa shape index (κ2) is 13.7. The van der Waals surface area contributed by atoms with Crippen molar-refractivity contribution >= 4 is 24.2 Å². The summed E-state index contributed by atoms with van der Waals surface area (Å²) in [5.74, 6) is -1.10. The van der Waals surface area contributed by atoms with Gasteiger partial charge in [-0.1, -0.05) is 23.4 Å². The number of likely N-dealkylation sites (tertiary alicyclic amines) is 1. The second-order valence-corrected chi connectivity index (χ2v) is 11.2. The van der Waals surface area contributed by atoms with Gasteiger partial charge in [0.25, 0.3) is 0 Å². The van der Waals surface area contributed by atoms with Crippen LogP contribution < -0.4 is 10.1 Å². The minimum atomic E-state index is -4.84. The lowest BCUT2D eigenvalue weighted by molar-refractivity contribution is -0.139. The summed E-state index contributed by atoms with van der Waals surface area (Å²) < 4.78 is 96.0. The molecule has 1 aliphatic heterocycles. The normalized spacial score (nSPS) is 16.1. The number of amides is 2. The number of hydrogen-bond acceptors (Lipinski definition) is 7. The molecule has 0 unspecified atom stereocenters. The highest BCUT2D eigenvalue weighted by molar-refractivity contribution is 5.98. The molecule has 4 rings (SSSR count). The van der Waals surface area contributed by atoms with E-state index in [1.165, 1.54) is 35.3 Å². The van der Waals surface area contributed by atoms with Crippen LogP contribution in [0.2, 0.25) is 0 Å². The third-order valence-electron chi connectivity index (χ3n) is 6.49. The molecule has 0 bridgehead atoms. The number of halogens is 6. The molecule has 17 heteroatoms. The van der Waals surface area contributed by atoms with Crippen molar-refractivity contribution in [3.8, 4) is 17.1 Å². The van der Waals surface area contributed by atoms with E-state index in [1.807, 2.05) is 0 Å². The third-order valence-corrected chi connectivity index (χ3v) is 6.49. The van der Waals surface area contributed by atoms with Gasteiger partial charge in [0.15, 0.2) is 0 Å². The van der Waals surface area contributed by atoms with E-state index in [1.54, 1.807) is 20.8 Å². The van der Waals surface area contributed by atoms with Crippen molar-refractivity contribution in [2.75, 3.05) is 13.2 Å². The molecule has 0 spiro atoms. The van der Waals surface area contributed by atoms with Gasteiger partial charge in [-0.25, -0.2) is 9.59 Å². The Morgan fingerprint density at radius 2 is 1.79 bits per heavy atom. The maximum atomic E-state index is 14.0. The maximum absolute atomic E-state index is 14.0. The number of guanidine groups is 1. The van der Waals surface area contributed by atoms with Gasteiger partial charge in [-0.15, -0.1) is 4.99 Å². The average Bonchev–Trinajstić information content (AvgIpc) is 3.63.